The number of hydrogen-bond acceptors (Lipinski definition) is 4. The van der Waals surface area contributed by atoms with Crippen LogP contribution in [-0.4, -0.2) is 25.6 Å². The van der Waals surface area contributed by atoms with Crippen molar-refractivity contribution in [2.75, 3.05) is 5.75 Å². The first-order valence-corrected chi connectivity index (χ1v) is 9.54. The molecule has 0 spiro atoms. The highest BCUT2D eigenvalue weighted by Gasteiger charge is 2.33. The molecular weight excluding hydrogens is 312 g/mol. The van der Waals surface area contributed by atoms with E-state index < -0.39 is 15.4 Å². The Bertz CT molecular complexity index is 696. The van der Waals surface area contributed by atoms with Crippen LogP contribution < -0.4 is 5.32 Å². The molecule has 0 aliphatic heterocycles. The quantitative estimate of drug-likeness (QED) is 0.896. The van der Waals surface area contributed by atoms with Crippen LogP contribution >= 0.6 is 0 Å². The van der Waals surface area contributed by atoms with Crippen LogP contribution in [0, 0.1) is 18.3 Å². The van der Waals surface area contributed by atoms with E-state index in [0.717, 1.165) is 24.8 Å². The Kier molecular flexibility index (Phi) is 5.42. The van der Waals surface area contributed by atoms with Gasteiger partial charge in [0.2, 0.25) is 5.91 Å². The molecule has 1 saturated carbocycles. The molecule has 1 aromatic rings. The Balaban J connectivity index is 1.95. The molecule has 0 aromatic heterocycles. The van der Waals surface area contributed by atoms with E-state index in [9.17, 15) is 18.5 Å². The summed E-state index contributed by atoms with van der Waals surface area (Å²) < 4.78 is 24.5. The predicted octanol–water partition coefficient (Wildman–Crippen LogP) is 2.50. The van der Waals surface area contributed by atoms with Crippen molar-refractivity contribution in [3.63, 3.8) is 0 Å². The first-order chi connectivity index (χ1) is 10.9. The fourth-order valence-corrected chi connectivity index (χ4v) is 4.08. The Morgan fingerprint density at radius 3 is 2.39 bits per heavy atom. The third kappa shape index (κ3) is 4.55. The van der Waals surface area contributed by atoms with Gasteiger partial charge in [-0.25, -0.2) is 8.42 Å². The molecule has 0 heterocycles. The summed E-state index contributed by atoms with van der Waals surface area (Å²) in [5.41, 5.74) is 0.165. The zero-order chi connectivity index (χ0) is 16.9. The first kappa shape index (κ1) is 17.5. The largest absolute Gasteiger partial charge is 0.338 e. The van der Waals surface area contributed by atoms with Gasteiger partial charge in [0.1, 0.15) is 5.54 Å². The van der Waals surface area contributed by atoms with Crippen LogP contribution in [0.25, 0.3) is 0 Å². The van der Waals surface area contributed by atoms with Crippen LogP contribution in [0.15, 0.2) is 29.2 Å². The van der Waals surface area contributed by atoms with Crippen molar-refractivity contribution in [2.24, 2.45) is 0 Å². The number of hydrogen-bond donors (Lipinski definition) is 1. The third-order valence-electron chi connectivity index (χ3n) is 4.28. The molecule has 0 radical (unpaired) electrons. The second-order valence-corrected chi connectivity index (χ2v) is 8.29. The predicted molar refractivity (Wildman–Crippen MR) is 87.4 cm³/mol. The van der Waals surface area contributed by atoms with Crippen molar-refractivity contribution in [3.8, 4) is 6.07 Å². The number of amides is 1. The monoisotopic (exact) mass is 334 g/mol. The highest BCUT2D eigenvalue weighted by atomic mass is 32.2. The van der Waals surface area contributed by atoms with Crippen molar-refractivity contribution in [2.45, 2.75) is 55.9 Å². The lowest BCUT2D eigenvalue weighted by molar-refractivity contribution is -0.122. The second kappa shape index (κ2) is 7.14. The molecule has 0 atom stereocenters. The number of carbonyl (C=O) groups excluding carboxylic acids is 1. The maximum absolute atomic E-state index is 12.2. The van der Waals surface area contributed by atoms with Crippen molar-refractivity contribution < 1.29 is 13.2 Å². The van der Waals surface area contributed by atoms with Gasteiger partial charge in [-0.3, -0.25) is 4.79 Å². The van der Waals surface area contributed by atoms with E-state index in [1.807, 2.05) is 6.92 Å². The summed E-state index contributed by atoms with van der Waals surface area (Å²) >= 11 is 0. The number of carbonyl (C=O) groups is 1. The summed E-state index contributed by atoms with van der Waals surface area (Å²) in [5, 5.41) is 12.1. The standard InChI is InChI=1S/C17H22N2O3S/c1-14-5-7-15(8-6-14)23(21,22)12-9-16(20)19-17(13-18)10-3-2-4-11-17/h5-8H,2-4,9-12H2,1H3,(H,19,20). The van der Waals surface area contributed by atoms with E-state index in [2.05, 4.69) is 11.4 Å². The molecule has 6 heteroatoms. The number of rotatable bonds is 5. The molecule has 1 amide bonds. The van der Waals surface area contributed by atoms with Crippen molar-refractivity contribution in [3.05, 3.63) is 29.8 Å². The molecule has 0 saturated heterocycles. The van der Waals surface area contributed by atoms with Crippen LogP contribution in [0.4, 0.5) is 0 Å². The van der Waals surface area contributed by atoms with Gasteiger partial charge in [0.15, 0.2) is 9.84 Å². The Hall–Kier alpha value is -1.87. The minimum atomic E-state index is -3.48. The molecule has 124 valence electrons. The summed E-state index contributed by atoms with van der Waals surface area (Å²) in [5.74, 6) is -0.618. The van der Waals surface area contributed by atoms with E-state index in [4.69, 9.17) is 0 Å². The van der Waals surface area contributed by atoms with Crippen LogP contribution in [0.2, 0.25) is 0 Å². The van der Waals surface area contributed by atoms with E-state index in [1.165, 1.54) is 0 Å². The van der Waals surface area contributed by atoms with E-state index in [0.29, 0.717) is 12.8 Å². The summed E-state index contributed by atoms with van der Waals surface area (Å²) in [6, 6.07) is 8.79. The van der Waals surface area contributed by atoms with Crippen molar-refractivity contribution >= 4 is 15.7 Å². The highest BCUT2D eigenvalue weighted by molar-refractivity contribution is 7.91. The normalized spacial score (nSPS) is 17.2. The first-order valence-electron chi connectivity index (χ1n) is 7.89. The molecule has 0 bridgehead atoms. The van der Waals surface area contributed by atoms with Crippen molar-refractivity contribution in [1.29, 1.82) is 5.26 Å². The van der Waals surface area contributed by atoms with Gasteiger partial charge in [-0.1, -0.05) is 37.0 Å². The van der Waals surface area contributed by atoms with Crippen LogP contribution in [0.5, 0.6) is 0 Å². The fourth-order valence-electron chi connectivity index (χ4n) is 2.84. The maximum Gasteiger partial charge on any atom is 0.222 e. The average molecular weight is 334 g/mol. The van der Waals surface area contributed by atoms with Crippen molar-refractivity contribution in [1.82, 2.24) is 5.32 Å². The van der Waals surface area contributed by atoms with Gasteiger partial charge in [0.05, 0.1) is 16.7 Å². The van der Waals surface area contributed by atoms with E-state index >= 15 is 0 Å². The van der Waals surface area contributed by atoms with Crippen LogP contribution in [0.3, 0.4) is 0 Å². The number of benzene rings is 1. The lowest BCUT2D eigenvalue weighted by Crippen LogP contribution is -2.48. The minimum Gasteiger partial charge on any atom is -0.338 e. The molecule has 1 aromatic carbocycles. The zero-order valence-corrected chi connectivity index (χ0v) is 14.2. The topological polar surface area (TPSA) is 87.0 Å². The van der Waals surface area contributed by atoms with Gasteiger partial charge in [-0.15, -0.1) is 0 Å². The zero-order valence-electron chi connectivity index (χ0n) is 13.3. The molecule has 0 unspecified atom stereocenters. The van der Waals surface area contributed by atoms with Crippen LogP contribution in [0.1, 0.15) is 44.1 Å². The molecule has 23 heavy (non-hydrogen) atoms. The Morgan fingerprint density at radius 2 is 1.83 bits per heavy atom. The molecular formula is C17H22N2O3S. The number of nitriles is 1. The summed E-state index contributed by atoms with van der Waals surface area (Å²) in [7, 11) is -3.48. The average Bonchev–Trinajstić information content (AvgIpc) is 2.54. The lowest BCUT2D eigenvalue weighted by atomic mass is 9.83. The summed E-state index contributed by atoms with van der Waals surface area (Å²) in [6.07, 6.45) is 4.05. The summed E-state index contributed by atoms with van der Waals surface area (Å²) in [6.45, 7) is 1.88. The molecule has 2 rings (SSSR count). The smallest absolute Gasteiger partial charge is 0.222 e. The third-order valence-corrected chi connectivity index (χ3v) is 6.01. The van der Waals surface area contributed by atoms with Gasteiger partial charge >= 0.3 is 0 Å². The number of nitrogens with one attached hydrogen (secondary N) is 1. The number of aryl methyl sites for hydroxylation is 1. The second-order valence-electron chi connectivity index (χ2n) is 6.18. The SMILES string of the molecule is Cc1ccc(S(=O)(=O)CCC(=O)NC2(C#N)CCCCC2)cc1. The molecule has 1 fully saturated rings. The lowest BCUT2D eigenvalue weighted by Gasteiger charge is -2.31. The number of nitrogens with zero attached hydrogens (tertiary/aromatic N) is 1. The molecule has 1 aliphatic rings. The maximum atomic E-state index is 12.2. The van der Waals surface area contributed by atoms with Gasteiger partial charge in [0, 0.05) is 6.42 Å². The molecule has 1 N–H and O–H groups in total. The van der Waals surface area contributed by atoms with Crippen LogP contribution in [-0.2, 0) is 14.6 Å². The fraction of sp³-hybridized carbons (Fsp3) is 0.529. The summed E-state index contributed by atoms with van der Waals surface area (Å²) in [4.78, 5) is 12.3. The number of sulfone groups is 1. The molecule has 1 aliphatic carbocycles. The minimum absolute atomic E-state index is 0.125. The Morgan fingerprint density at radius 1 is 1.22 bits per heavy atom. The van der Waals surface area contributed by atoms with Gasteiger partial charge in [-0.2, -0.15) is 5.26 Å². The van der Waals surface area contributed by atoms with Gasteiger partial charge in [-0.05, 0) is 31.9 Å². The van der Waals surface area contributed by atoms with E-state index in [-0.39, 0.29) is 23.0 Å². The highest BCUT2D eigenvalue weighted by Crippen LogP contribution is 2.27. The Labute approximate surface area is 137 Å². The van der Waals surface area contributed by atoms with Gasteiger partial charge < -0.3 is 5.32 Å². The van der Waals surface area contributed by atoms with E-state index in [1.54, 1.807) is 24.3 Å². The molecule has 5 nitrogen and oxygen atoms in total. The van der Waals surface area contributed by atoms with Gasteiger partial charge in [0.25, 0.3) is 0 Å².